The second-order valence-corrected chi connectivity index (χ2v) is 9.15. The molecule has 3 fully saturated rings. The van der Waals surface area contributed by atoms with Crippen molar-refractivity contribution < 1.29 is 38.7 Å². The summed E-state index contributed by atoms with van der Waals surface area (Å²) in [6, 6.07) is -1.07. The van der Waals surface area contributed by atoms with E-state index in [-0.39, 0.29) is 28.8 Å². The maximum absolute atomic E-state index is 12.8. The van der Waals surface area contributed by atoms with Gasteiger partial charge < -0.3 is 25.3 Å². The fourth-order valence-electron chi connectivity index (χ4n) is 3.56. The van der Waals surface area contributed by atoms with E-state index in [2.05, 4.69) is 20.8 Å². The number of aromatic nitrogens is 1. The monoisotopic (exact) mass is 503 g/mol. The van der Waals surface area contributed by atoms with Crippen molar-refractivity contribution in [2.24, 2.45) is 5.16 Å². The number of anilines is 1. The molecule has 13 nitrogen and oxygen atoms in total. The topological polar surface area (TPSA) is 177 Å². The summed E-state index contributed by atoms with van der Waals surface area (Å²) in [6.07, 6.45) is -0.163. The van der Waals surface area contributed by atoms with Gasteiger partial charge in [0.15, 0.2) is 10.8 Å². The number of thiazole rings is 1. The number of alkyl halides is 1. The normalized spacial score (nSPS) is 28.4. The highest BCUT2D eigenvalue weighted by molar-refractivity contribution is 8.01. The number of hydrogen-bond acceptors (Lipinski definition) is 11. The van der Waals surface area contributed by atoms with E-state index in [1.54, 1.807) is 0 Å². The SMILES string of the molecule is CO/N=C(\C(=O)N[C@@H]1C(=O)N2[C@@H]1S[C@H]1CC(=O)O[C@]12C(=O)O)c1csc(NC(=O)CCl)n1. The summed E-state index contributed by atoms with van der Waals surface area (Å²) in [4.78, 5) is 70.2. The summed E-state index contributed by atoms with van der Waals surface area (Å²) in [5.41, 5.74) is -2.25. The molecule has 3 aliphatic heterocycles. The standard InChI is InChI=1S/C16H14ClN5O8S2/c1-29-21-9(5-4-31-15(18-5)19-7(23)3-17)11(25)20-10-12(26)22-13(10)32-6-2-8(24)30-16(6,22)14(27)28/h4,6,10,13H,2-3H2,1H3,(H,20,25)(H,27,28)(H,18,19,23)/b21-9-/t6-,10+,13+,16-/m0/s1. The van der Waals surface area contributed by atoms with Gasteiger partial charge in [0.25, 0.3) is 17.5 Å². The van der Waals surface area contributed by atoms with Gasteiger partial charge in [-0.2, -0.15) is 0 Å². The third-order valence-corrected chi connectivity index (χ3v) is 7.44. The highest BCUT2D eigenvalue weighted by atomic mass is 35.5. The first-order valence-electron chi connectivity index (χ1n) is 8.90. The van der Waals surface area contributed by atoms with Crippen LogP contribution >= 0.6 is 34.7 Å². The smallest absolute Gasteiger partial charge is 0.371 e. The Kier molecular flexibility index (Phi) is 5.72. The van der Waals surface area contributed by atoms with E-state index in [9.17, 15) is 29.1 Å². The number of oxime groups is 1. The highest BCUT2D eigenvalue weighted by Crippen LogP contribution is 2.55. The van der Waals surface area contributed by atoms with Gasteiger partial charge in [-0.3, -0.25) is 24.1 Å². The molecule has 3 amide bonds. The average molecular weight is 504 g/mol. The second kappa shape index (κ2) is 8.22. The summed E-state index contributed by atoms with van der Waals surface area (Å²) in [6.45, 7) is 0. The lowest BCUT2D eigenvalue weighted by molar-refractivity contribution is -0.204. The van der Waals surface area contributed by atoms with Crippen molar-refractivity contribution in [3.05, 3.63) is 11.1 Å². The first kappa shape index (κ1) is 22.3. The number of carboxylic acids is 1. The molecule has 4 heterocycles. The molecule has 16 heteroatoms. The van der Waals surface area contributed by atoms with Crippen LogP contribution in [0.25, 0.3) is 0 Å². The maximum Gasteiger partial charge on any atom is 0.371 e. The quantitative estimate of drug-likeness (QED) is 0.140. The van der Waals surface area contributed by atoms with Crippen molar-refractivity contribution in [1.29, 1.82) is 0 Å². The number of rotatable bonds is 7. The molecule has 3 aliphatic rings. The number of esters is 1. The Morgan fingerprint density at radius 1 is 1.47 bits per heavy atom. The number of carbonyl (C=O) groups excluding carboxylic acids is 4. The third-order valence-electron chi connectivity index (χ3n) is 4.87. The zero-order valence-electron chi connectivity index (χ0n) is 16.1. The molecule has 0 bridgehead atoms. The summed E-state index contributed by atoms with van der Waals surface area (Å²) in [7, 11) is 1.21. The Morgan fingerprint density at radius 2 is 2.22 bits per heavy atom. The van der Waals surface area contributed by atoms with E-state index < -0.39 is 52.1 Å². The van der Waals surface area contributed by atoms with Gasteiger partial charge in [-0.15, -0.1) is 34.7 Å². The minimum Gasteiger partial charge on any atom is -0.477 e. The van der Waals surface area contributed by atoms with Crippen LogP contribution < -0.4 is 10.6 Å². The lowest BCUT2D eigenvalue weighted by Gasteiger charge is -2.46. The summed E-state index contributed by atoms with van der Waals surface area (Å²) in [5, 5.41) is 18.3. The van der Waals surface area contributed by atoms with Crippen LogP contribution in [-0.2, 0) is 33.5 Å². The van der Waals surface area contributed by atoms with Gasteiger partial charge in [-0.1, -0.05) is 5.16 Å². The van der Waals surface area contributed by atoms with Crippen LogP contribution in [0, 0.1) is 0 Å². The zero-order valence-corrected chi connectivity index (χ0v) is 18.5. The first-order chi connectivity index (χ1) is 15.2. The van der Waals surface area contributed by atoms with Crippen molar-refractivity contribution in [3.63, 3.8) is 0 Å². The van der Waals surface area contributed by atoms with Crippen LogP contribution in [0.4, 0.5) is 5.13 Å². The van der Waals surface area contributed by atoms with Crippen LogP contribution in [0.5, 0.6) is 0 Å². The van der Waals surface area contributed by atoms with Crippen molar-refractivity contribution in [2.45, 2.75) is 28.8 Å². The largest absolute Gasteiger partial charge is 0.477 e. The van der Waals surface area contributed by atoms with Crippen molar-refractivity contribution >= 4 is 75.2 Å². The van der Waals surface area contributed by atoms with Crippen LogP contribution in [0.2, 0.25) is 0 Å². The van der Waals surface area contributed by atoms with Crippen LogP contribution in [0.3, 0.4) is 0 Å². The number of fused-ring (bicyclic) bond motifs is 3. The molecule has 3 saturated heterocycles. The Morgan fingerprint density at radius 3 is 2.88 bits per heavy atom. The number of carbonyl (C=O) groups is 5. The van der Waals surface area contributed by atoms with Crippen molar-refractivity contribution in [1.82, 2.24) is 15.2 Å². The van der Waals surface area contributed by atoms with E-state index in [1.165, 1.54) is 12.5 Å². The molecule has 0 aromatic carbocycles. The molecule has 32 heavy (non-hydrogen) atoms. The van der Waals surface area contributed by atoms with Gasteiger partial charge >= 0.3 is 11.9 Å². The Balaban J connectivity index is 1.50. The van der Waals surface area contributed by atoms with Gasteiger partial charge in [-0.25, -0.2) is 9.78 Å². The minimum atomic E-state index is -2.07. The average Bonchev–Trinajstić information content (AvgIpc) is 3.40. The van der Waals surface area contributed by atoms with Crippen molar-refractivity contribution in [3.8, 4) is 0 Å². The molecule has 4 atom stereocenters. The molecule has 0 spiro atoms. The van der Waals surface area contributed by atoms with E-state index in [4.69, 9.17) is 21.2 Å². The molecule has 0 aliphatic carbocycles. The van der Waals surface area contributed by atoms with E-state index >= 15 is 0 Å². The molecule has 0 radical (unpaired) electrons. The minimum absolute atomic E-state index is 0.0785. The molecule has 1 aromatic rings. The Labute approximate surface area is 192 Å². The number of aliphatic carboxylic acids is 1. The molecule has 3 N–H and O–H groups in total. The number of β-lactam (4-membered cyclic amide) rings is 1. The van der Waals surface area contributed by atoms with E-state index in [1.807, 2.05) is 0 Å². The number of hydrogen-bond donors (Lipinski definition) is 3. The van der Waals surface area contributed by atoms with Gasteiger partial charge in [-0.05, 0) is 0 Å². The Hall–Kier alpha value is -2.91. The van der Waals surface area contributed by atoms with Gasteiger partial charge in [0, 0.05) is 5.38 Å². The molecule has 1 aromatic heterocycles. The lowest BCUT2D eigenvalue weighted by Crippen LogP contribution is -2.75. The number of amides is 3. The molecular weight excluding hydrogens is 490 g/mol. The molecule has 170 valence electrons. The van der Waals surface area contributed by atoms with Crippen LogP contribution in [0.1, 0.15) is 12.1 Å². The fraction of sp³-hybridized carbons (Fsp3) is 0.438. The van der Waals surface area contributed by atoms with Crippen LogP contribution in [-0.4, -0.2) is 85.7 Å². The van der Waals surface area contributed by atoms with E-state index in [0.717, 1.165) is 28.0 Å². The molecular formula is C16H14ClN5O8S2. The lowest BCUT2D eigenvalue weighted by atomic mass is 9.98. The fourth-order valence-corrected chi connectivity index (χ4v) is 6.07. The predicted molar refractivity (Wildman–Crippen MR) is 110 cm³/mol. The van der Waals surface area contributed by atoms with Gasteiger partial charge in [0.05, 0.1) is 11.7 Å². The predicted octanol–water partition coefficient (Wildman–Crippen LogP) is -0.833. The molecule has 4 rings (SSSR count). The first-order valence-corrected chi connectivity index (χ1v) is 11.3. The number of ether oxygens (including phenoxy) is 1. The highest BCUT2D eigenvalue weighted by Gasteiger charge is 2.75. The Bertz CT molecular complexity index is 1060. The number of thioether (sulfide) groups is 1. The van der Waals surface area contributed by atoms with Crippen LogP contribution in [0.15, 0.2) is 10.5 Å². The van der Waals surface area contributed by atoms with E-state index in [0.29, 0.717) is 0 Å². The maximum atomic E-state index is 12.8. The molecule has 0 saturated carbocycles. The number of halogens is 1. The van der Waals surface area contributed by atoms with Crippen molar-refractivity contribution in [2.75, 3.05) is 18.3 Å². The summed E-state index contributed by atoms with van der Waals surface area (Å²) < 4.78 is 5.03. The number of carboxylic acid groups (broad SMARTS) is 1. The number of nitrogens with zero attached hydrogens (tertiary/aromatic N) is 3. The summed E-state index contributed by atoms with van der Waals surface area (Å²) >= 11 is 7.53. The zero-order chi connectivity index (χ0) is 23.2. The third kappa shape index (κ3) is 3.36. The second-order valence-electron chi connectivity index (χ2n) is 6.70. The van der Waals surface area contributed by atoms with Gasteiger partial charge in [0.2, 0.25) is 5.91 Å². The summed E-state index contributed by atoms with van der Waals surface area (Å²) in [5.74, 6) is -4.43. The number of nitrogens with one attached hydrogen (secondary N) is 2. The van der Waals surface area contributed by atoms with Gasteiger partial charge in [0.1, 0.15) is 30.1 Å². The molecule has 0 unspecified atom stereocenters.